The van der Waals surface area contributed by atoms with Crippen molar-refractivity contribution in [3.05, 3.63) is 29.8 Å². The molecule has 1 amide bonds. The van der Waals surface area contributed by atoms with Crippen LogP contribution in [-0.2, 0) is 20.6 Å². The predicted molar refractivity (Wildman–Crippen MR) is 96.4 cm³/mol. The molecule has 0 aliphatic rings. The van der Waals surface area contributed by atoms with Gasteiger partial charge in [0.15, 0.2) is 0 Å². The average Bonchev–Trinajstić information content (AvgIpc) is 2.33. The van der Waals surface area contributed by atoms with Crippen molar-refractivity contribution in [3.63, 3.8) is 0 Å². The molecule has 0 aliphatic heterocycles. The van der Waals surface area contributed by atoms with Crippen LogP contribution in [0.5, 0.6) is 0 Å². The number of amides is 1. The molecule has 23 heavy (non-hydrogen) atoms. The first-order valence-corrected chi connectivity index (χ1v) is 8.81. The number of sulfonamides is 1. The maximum absolute atomic E-state index is 12.1. The van der Waals surface area contributed by atoms with Crippen LogP contribution in [0.25, 0.3) is 0 Å². The number of benzene rings is 1. The second-order valence-corrected chi connectivity index (χ2v) is 7.94. The Labute approximate surface area is 144 Å². The SMILES string of the molecule is CNCCC(=O)Nc1cccc(CS(=O)(=O)NC(C)(C)C)c1.Cl. The van der Waals surface area contributed by atoms with Crippen LogP contribution in [0.4, 0.5) is 5.69 Å². The van der Waals surface area contributed by atoms with Gasteiger partial charge in [0.25, 0.3) is 0 Å². The van der Waals surface area contributed by atoms with E-state index in [-0.39, 0.29) is 24.1 Å². The van der Waals surface area contributed by atoms with Gasteiger partial charge in [-0.05, 0) is 45.5 Å². The van der Waals surface area contributed by atoms with Crippen LogP contribution in [0, 0.1) is 0 Å². The summed E-state index contributed by atoms with van der Waals surface area (Å²) in [6.07, 6.45) is 0.366. The van der Waals surface area contributed by atoms with E-state index >= 15 is 0 Å². The predicted octanol–water partition coefficient (Wildman–Crippen LogP) is 1.87. The van der Waals surface area contributed by atoms with Gasteiger partial charge in [-0.25, -0.2) is 13.1 Å². The van der Waals surface area contributed by atoms with Gasteiger partial charge in [0.2, 0.25) is 15.9 Å². The smallest absolute Gasteiger partial charge is 0.225 e. The summed E-state index contributed by atoms with van der Waals surface area (Å²) in [4.78, 5) is 11.7. The maximum atomic E-state index is 12.1. The lowest BCUT2D eigenvalue weighted by atomic mass is 10.1. The van der Waals surface area contributed by atoms with Crippen molar-refractivity contribution < 1.29 is 13.2 Å². The topological polar surface area (TPSA) is 87.3 Å². The average molecular weight is 364 g/mol. The minimum Gasteiger partial charge on any atom is -0.326 e. The standard InChI is InChI=1S/C15H25N3O3S.ClH/c1-15(2,3)18-22(20,21)11-12-6-5-7-13(10-12)17-14(19)8-9-16-4;/h5-7,10,16,18H,8-9,11H2,1-4H3,(H,17,19);1H. The van der Waals surface area contributed by atoms with Gasteiger partial charge >= 0.3 is 0 Å². The molecular weight excluding hydrogens is 338 g/mol. The van der Waals surface area contributed by atoms with Gasteiger partial charge in [-0.1, -0.05) is 12.1 Å². The lowest BCUT2D eigenvalue weighted by molar-refractivity contribution is -0.116. The van der Waals surface area contributed by atoms with Crippen LogP contribution < -0.4 is 15.4 Å². The molecule has 6 nitrogen and oxygen atoms in total. The molecule has 0 radical (unpaired) electrons. The molecule has 0 unspecified atom stereocenters. The van der Waals surface area contributed by atoms with E-state index in [1.54, 1.807) is 52.1 Å². The first kappa shape index (κ1) is 21.9. The molecule has 0 saturated heterocycles. The molecule has 3 N–H and O–H groups in total. The highest BCUT2D eigenvalue weighted by Crippen LogP contribution is 2.14. The van der Waals surface area contributed by atoms with Gasteiger partial charge in [-0.3, -0.25) is 4.79 Å². The summed E-state index contributed by atoms with van der Waals surface area (Å²) in [5.74, 6) is -0.230. The zero-order valence-electron chi connectivity index (χ0n) is 14.0. The van der Waals surface area contributed by atoms with Crippen molar-refractivity contribution in [2.45, 2.75) is 38.5 Å². The lowest BCUT2D eigenvalue weighted by Crippen LogP contribution is -2.41. The van der Waals surface area contributed by atoms with E-state index in [4.69, 9.17) is 0 Å². The quantitative estimate of drug-likeness (QED) is 0.690. The summed E-state index contributed by atoms with van der Waals surface area (Å²) >= 11 is 0. The Bertz CT molecular complexity index is 613. The van der Waals surface area contributed by atoms with E-state index in [0.29, 0.717) is 24.2 Å². The fourth-order valence-electron chi connectivity index (χ4n) is 1.92. The first-order chi connectivity index (χ1) is 10.1. The summed E-state index contributed by atoms with van der Waals surface area (Å²) in [6, 6.07) is 6.88. The van der Waals surface area contributed by atoms with Crippen molar-refractivity contribution in [2.24, 2.45) is 0 Å². The van der Waals surface area contributed by atoms with Crippen LogP contribution in [0.1, 0.15) is 32.8 Å². The Hall–Kier alpha value is -1.15. The molecule has 0 saturated carbocycles. The van der Waals surface area contributed by atoms with E-state index in [0.717, 1.165) is 0 Å². The van der Waals surface area contributed by atoms with Gasteiger partial charge < -0.3 is 10.6 Å². The second-order valence-electron chi connectivity index (χ2n) is 6.21. The molecule has 1 rings (SSSR count). The zero-order valence-corrected chi connectivity index (χ0v) is 15.6. The van der Waals surface area contributed by atoms with Crippen LogP contribution >= 0.6 is 12.4 Å². The van der Waals surface area contributed by atoms with Crippen molar-refractivity contribution in [3.8, 4) is 0 Å². The van der Waals surface area contributed by atoms with Crippen molar-refractivity contribution in [1.82, 2.24) is 10.0 Å². The molecule has 0 bridgehead atoms. The number of carbonyl (C=O) groups is 1. The summed E-state index contributed by atoms with van der Waals surface area (Å²) in [5.41, 5.74) is 0.713. The van der Waals surface area contributed by atoms with E-state index in [1.165, 1.54) is 0 Å². The molecule has 0 heterocycles. The monoisotopic (exact) mass is 363 g/mol. The molecule has 132 valence electrons. The Balaban J connectivity index is 0.00000484. The number of rotatable bonds is 7. The van der Waals surface area contributed by atoms with Gasteiger partial charge in [0, 0.05) is 24.2 Å². The molecule has 8 heteroatoms. The molecule has 0 spiro atoms. The highest BCUT2D eigenvalue weighted by molar-refractivity contribution is 7.88. The number of nitrogens with one attached hydrogen (secondary N) is 3. The van der Waals surface area contributed by atoms with Crippen molar-refractivity contribution >= 4 is 34.0 Å². The minimum atomic E-state index is -3.42. The third kappa shape index (κ3) is 9.55. The maximum Gasteiger partial charge on any atom is 0.225 e. The van der Waals surface area contributed by atoms with E-state index in [1.807, 2.05) is 0 Å². The summed E-state index contributed by atoms with van der Waals surface area (Å²) < 4.78 is 26.8. The first-order valence-electron chi connectivity index (χ1n) is 7.16. The van der Waals surface area contributed by atoms with Gasteiger partial charge in [-0.2, -0.15) is 0 Å². The molecule has 0 fully saturated rings. The number of halogens is 1. The van der Waals surface area contributed by atoms with Crippen LogP contribution in [0.3, 0.4) is 0 Å². The number of carbonyl (C=O) groups excluding carboxylic acids is 1. The Kier molecular flexibility index (Phi) is 8.76. The highest BCUT2D eigenvalue weighted by atomic mass is 35.5. The molecule has 1 aromatic carbocycles. The van der Waals surface area contributed by atoms with Crippen molar-refractivity contribution in [2.75, 3.05) is 18.9 Å². The lowest BCUT2D eigenvalue weighted by Gasteiger charge is -2.20. The molecular formula is C15H26ClN3O3S. The van der Waals surface area contributed by atoms with Crippen molar-refractivity contribution in [1.29, 1.82) is 0 Å². The highest BCUT2D eigenvalue weighted by Gasteiger charge is 2.20. The van der Waals surface area contributed by atoms with Gasteiger partial charge in [0.05, 0.1) is 5.75 Å². The van der Waals surface area contributed by atoms with Crippen LogP contribution in [0.2, 0.25) is 0 Å². The van der Waals surface area contributed by atoms with Crippen LogP contribution in [0.15, 0.2) is 24.3 Å². The zero-order chi connectivity index (χ0) is 16.8. The van der Waals surface area contributed by atoms with Crippen LogP contribution in [-0.4, -0.2) is 33.5 Å². The number of hydrogen-bond acceptors (Lipinski definition) is 4. The Morgan fingerprint density at radius 2 is 1.87 bits per heavy atom. The fraction of sp³-hybridized carbons (Fsp3) is 0.533. The Morgan fingerprint density at radius 1 is 1.22 bits per heavy atom. The molecule has 1 aromatic rings. The van der Waals surface area contributed by atoms with E-state index < -0.39 is 15.6 Å². The Morgan fingerprint density at radius 3 is 2.43 bits per heavy atom. The molecule has 0 aromatic heterocycles. The molecule has 0 aliphatic carbocycles. The summed E-state index contributed by atoms with van der Waals surface area (Å²) in [5, 5.41) is 5.66. The normalized spacial score (nSPS) is 11.7. The fourth-order valence-corrected chi connectivity index (χ4v) is 3.55. The summed E-state index contributed by atoms with van der Waals surface area (Å²) in [6.45, 7) is 5.98. The third-order valence-electron chi connectivity index (χ3n) is 2.63. The number of hydrogen-bond donors (Lipinski definition) is 3. The summed E-state index contributed by atoms with van der Waals surface area (Å²) in [7, 11) is -1.65. The third-order valence-corrected chi connectivity index (χ3v) is 4.27. The van der Waals surface area contributed by atoms with E-state index in [9.17, 15) is 13.2 Å². The van der Waals surface area contributed by atoms with Gasteiger partial charge in [0.1, 0.15) is 0 Å². The van der Waals surface area contributed by atoms with E-state index in [2.05, 4.69) is 15.4 Å². The van der Waals surface area contributed by atoms with Gasteiger partial charge in [-0.15, -0.1) is 12.4 Å². The molecule has 0 atom stereocenters. The second kappa shape index (κ2) is 9.22. The largest absolute Gasteiger partial charge is 0.326 e. The minimum absolute atomic E-state index is 0. The number of anilines is 1.